The molecule has 0 saturated heterocycles. The van der Waals surface area contributed by atoms with Crippen molar-refractivity contribution in [3.8, 4) is 5.75 Å². The Morgan fingerprint density at radius 2 is 1.74 bits per heavy atom. The Labute approximate surface area is 241 Å². The highest BCUT2D eigenvalue weighted by molar-refractivity contribution is 5.91. The average Bonchev–Trinajstić information content (AvgIpc) is 2.90. The van der Waals surface area contributed by atoms with Crippen molar-refractivity contribution >= 4 is 72.1 Å². The summed E-state index contributed by atoms with van der Waals surface area (Å²) < 4.78 is 5.40. The summed E-state index contributed by atoms with van der Waals surface area (Å²) in [6.45, 7) is 1.79. The van der Waals surface area contributed by atoms with Crippen molar-refractivity contribution in [2.45, 2.75) is 6.42 Å². The summed E-state index contributed by atoms with van der Waals surface area (Å²) in [5.74, 6) is 2.05. The molecule has 202 valence electrons. The van der Waals surface area contributed by atoms with Gasteiger partial charge in [0.2, 0.25) is 0 Å². The minimum atomic E-state index is 0. The Hall–Kier alpha value is -3.59. The Morgan fingerprint density at radius 1 is 0.974 bits per heavy atom. The number of rotatable bonds is 10. The molecule has 0 aliphatic carbocycles. The number of guanidine groups is 1. The SMILES string of the molecule is COc1ccc2nc(C=Cc3ccccn3)nc(NCCN(CCc3ccccc3)C(=N)N)c2c1.Cl.Cl.Cl. The van der Waals surface area contributed by atoms with E-state index in [4.69, 9.17) is 20.9 Å². The summed E-state index contributed by atoms with van der Waals surface area (Å²) in [7, 11) is 1.64. The summed E-state index contributed by atoms with van der Waals surface area (Å²) in [6, 6.07) is 21.6. The first-order valence-electron chi connectivity index (χ1n) is 11.4. The molecule has 2 heterocycles. The van der Waals surface area contributed by atoms with Crippen LogP contribution in [0, 0.1) is 5.41 Å². The molecule has 4 rings (SSSR count). The van der Waals surface area contributed by atoms with Gasteiger partial charge >= 0.3 is 0 Å². The van der Waals surface area contributed by atoms with Gasteiger partial charge in [0, 0.05) is 31.2 Å². The predicted molar refractivity (Wildman–Crippen MR) is 163 cm³/mol. The zero-order valence-electron chi connectivity index (χ0n) is 20.9. The van der Waals surface area contributed by atoms with E-state index >= 15 is 0 Å². The van der Waals surface area contributed by atoms with Gasteiger partial charge in [0.05, 0.1) is 18.3 Å². The fraction of sp³-hybridized carbons (Fsp3) is 0.185. The quantitative estimate of drug-likeness (QED) is 0.173. The maximum absolute atomic E-state index is 7.97. The minimum Gasteiger partial charge on any atom is -0.497 e. The summed E-state index contributed by atoms with van der Waals surface area (Å²) in [5.41, 5.74) is 8.70. The number of methoxy groups -OCH3 is 1. The van der Waals surface area contributed by atoms with E-state index in [0.29, 0.717) is 31.3 Å². The van der Waals surface area contributed by atoms with Gasteiger partial charge in [-0.25, -0.2) is 9.97 Å². The molecule has 11 heteroatoms. The second kappa shape index (κ2) is 16.3. The van der Waals surface area contributed by atoms with Gasteiger partial charge in [-0.05, 0) is 54.5 Å². The molecule has 4 aromatic rings. The standard InChI is InChI=1S/C27H29N7O.3ClH/c1-35-22-11-12-24-23(19-22)26(33-25(32-24)13-10-21-9-5-6-15-30-21)31-16-18-34(27(28)29)17-14-20-7-3-2-4-8-20;;;/h2-13,15,19H,14,16-18H2,1H3,(H3,28,29)(H,31,32,33);3*1H. The molecule has 2 aromatic carbocycles. The molecule has 8 nitrogen and oxygen atoms in total. The van der Waals surface area contributed by atoms with Crippen LogP contribution in [-0.2, 0) is 6.42 Å². The van der Waals surface area contributed by atoms with Gasteiger partial charge in [0.25, 0.3) is 0 Å². The molecule has 0 fully saturated rings. The molecule has 2 aromatic heterocycles. The molecule has 0 unspecified atom stereocenters. The van der Waals surface area contributed by atoms with Crippen LogP contribution in [0.25, 0.3) is 23.1 Å². The van der Waals surface area contributed by atoms with Crippen molar-refractivity contribution in [1.29, 1.82) is 5.41 Å². The molecular formula is C27H32Cl3N7O. The molecule has 38 heavy (non-hydrogen) atoms. The lowest BCUT2D eigenvalue weighted by Crippen LogP contribution is -2.40. The molecule has 0 spiro atoms. The smallest absolute Gasteiger partial charge is 0.188 e. The van der Waals surface area contributed by atoms with Crippen LogP contribution in [0.5, 0.6) is 5.75 Å². The number of benzene rings is 2. The van der Waals surface area contributed by atoms with E-state index in [0.717, 1.165) is 28.8 Å². The number of aromatic nitrogens is 3. The van der Waals surface area contributed by atoms with E-state index in [1.807, 2.05) is 71.6 Å². The van der Waals surface area contributed by atoms with E-state index in [9.17, 15) is 0 Å². The van der Waals surface area contributed by atoms with Crippen molar-refractivity contribution in [2.24, 2.45) is 5.73 Å². The largest absolute Gasteiger partial charge is 0.497 e. The lowest BCUT2D eigenvalue weighted by atomic mass is 10.1. The number of anilines is 1. The van der Waals surface area contributed by atoms with E-state index in [-0.39, 0.29) is 43.2 Å². The maximum atomic E-state index is 7.97. The zero-order chi connectivity index (χ0) is 24.5. The normalized spacial score (nSPS) is 10.1. The van der Waals surface area contributed by atoms with E-state index in [1.54, 1.807) is 13.3 Å². The van der Waals surface area contributed by atoms with Gasteiger partial charge in [-0.2, -0.15) is 0 Å². The lowest BCUT2D eigenvalue weighted by molar-refractivity contribution is 0.415. The van der Waals surface area contributed by atoms with Crippen LogP contribution < -0.4 is 15.8 Å². The van der Waals surface area contributed by atoms with Crippen LogP contribution in [0.15, 0.2) is 72.9 Å². The monoisotopic (exact) mass is 575 g/mol. The second-order valence-electron chi connectivity index (χ2n) is 7.94. The van der Waals surface area contributed by atoms with Gasteiger partial charge in [0.1, 0.15) is 11.6 Å². The van der Waals surface area contributed by atoms with Gasteiger partial charge in [-0.1, -0.05) is 36.4 Å². The van der Waals surface area contributed by atoms with Gasteiger partial charge in [-0.15, -0.1) is 37.2 Å². The van der Waals surface area contributed by atoms with Crippen LogP contribution in [0.2, 0.25) is 0 Å². The van der Waals surface area contributed by atoms with Crippen molar-refractivity contribution in [1.82, 2.24) is 19.9 Å². The number of pyridine rings is 1. The number of nitrogens with two attached hydrogens (primary N) is 1. The third-order valence-corrected chi connectivity index (χ3v) is 5.54. The highest BCUT2D eigenvalue weighted by Crippen LogP contribution is 2.25. The fourth-order valence-electron chi connectivity index (χ4n) is 3.67. The Morgan fingerprint density at radius 3 is 2.42 bits per heavy atom. The summed E-state index contributed by atoms with van der Waals surface area (Å²) >= 11 is 0. The second-order valence-corrected chi connectivity index (χ2v) is 7.94. The maximum Gasteiger partial charge on any atom is 0.188 e. The van der Waals surface area contributed by atoms with E-state index in [1.165, 1.54) is 5.56 Å². The Bertz CT molecular complexity index is 1310. The van der Waals surface area contributed by atoms with Crippen molar-refractivity contribution < 1.29 is 4.74 Å². The van der Waals surface area contributed by atoms with Crippen molar-refractivity contribution in [2.75, 3.05) is 32.1 Å². The molecule has 4 N–H and O–H groups in total. The number of nitrogens with zero attached hydrogens (tertiary/aromatic N) is 4. The van der Waals surface area contributed by atoms with Gasteiger partial charge in [0.15, 0.2) is 11.8 Å². The molecule has 0 saturated carbocycles. The number of hydrogen-bond donors (Lipinski definition) is 3. The Kier molecular flexibility index (Phi) is 13.9. The number of halogens is 3. The van der Waals surface area contributed by atoms with Crippen molar-refractivity contribution in [3.63, 3.8) is 0 Å². The lowest BCUT2D eigenvalue weighted by Gasteiger charge is -2.23. The third-order valence-electron chi connectivity index (χ3n) is 5.54. The third kappa shape index (κ3) is 9.06. The molecule has 0 aliphatic heterocycles. The number of hydrogen-bond acceptors (Lipinski definition) is 6. The molecule has 0 atom stereocenters. The number of ether oxygens (including phenoxy) is 1. The van der Waals surface area contributed by atoms with Crippen LogP contribution in [0.4, 0.5) is 5.82 Å². The molecule has 0 radical (unpaired) electrons. The summed E-state index contributed by atoms with van der Waals surface area (Å²) in [5, 5.41) is 12.2. The summed E-state index contributed by atoms with van der Waals surface area (Å²) in [6.07, 6.45) is 6.30. The first kappa shape index (κ1) is 32.4. The first-order chi connectivity index (χ1) is 17.1. The van der Waals surface area contributed by atoms with Gasteiger partial charge in [-0.3, -0.25) is 10.4 Å². The highest BCUT2D eigenvalue weighted by Gasteiger charge is 2.11. The minimum absolute atomic E-state index is 0. The van der Waals surface area contributed by atoms with Crippen LogP contribution in [0.3, 0.4) is 0 Å². The van der Waals surface area contributed by atoms with E-state index < -0.39 is 0 Å². The first-order valence-corrected chi connectivity index (χ1v) is 11.4. The van der Waals surface area contributed by atoms with Gasteiger partial charge < -0.3 is 20.7 Å². The van der Waals surface area contributed by atoms with Crippen molar-refractivity contribution in [3.05, 3.63) is 90.0 Å². The number of fused-ring (bicyclic) bond motifs is 1. The molecule has 0 aliphatic rings. The molecular weight excluding hydrogens is 545 g/mol. The highest BCUT2D eigenvalue weighted by atomic mass is 35.5. The molecule has 0 amide bonds. The van der Waals surface area contributed by atoms with Crippen LogP contribution >= 0.6 is 37.2 Å². The van der Waals surface area contributed by atoms with E-state index in [2.05, 4.69) is 27.4 Å². The fourth-order valence-corrected chi connectivity index (χ4v) is 3.67. The predicted octanol–water partition coefficient (Wildman–Crippen LogP) is 5.32. The number of nitrogens with one attached hydrogen (secondary N) is 2. The van der Waals surface area contributed by atoms with Crippen LogP contribution in [-0.4, -0.2) is 52.6 Å². The molecule has 0 bridgehead atoms. The topological polar surface area (TPSA) is 113 Å². The Balaban J connectivity index is 0.00000241. The average molecular weight is 577 g/mol. The summed E-state index contributed by atoms with van der Waals surface area (Å²) in [4.78, 5) is 15.6. The van der Waals surface area contributed by atoms with Crippen LogP contribution in [0.1, 0.15) is 17.1 Å². The zero-order valence-corrected chi connectivity index (χ0v) is 23.4.